The van der Waals surface area contributed by atoms with Gasteiger partial charge in [-0.3, -0.25) is 0 Å². The highest BCUT2D eigenvalue weighted by atomic mass is 19.4. The van der Waals surface area contributed by atoms with Crippen LogP contribution in [0.4, 0.5) is 23.2 Å². The molecule has 0 fully saturated rings. The van der Waals surface area contributed by atoms with Crippen molar-refractivity contribution in [1.82, 2.24) is 14.3 Å². The van der Waals surface area contributed by atoms with Crippen LogP contribution in [0.3, 0.4) is 0 Å². The van der Waals surface area contributed by atoms with Crippen LogP contribution in [0.15, 0.2) is 73.1 Å². The van der Waals surface area contributed by atoms with Crippen molar-refractivity contribution < 1.29 is 28.4 Å². The van der Waals surface area contributed by atoms with Crippen LogP contribution in [0.25, 0.3) is 27.5 Å². The Morgan fingerprint density at radius 3 is 2.42 bits per heavy atom. The van der Waals surface area contributed by atoms with Crippen molar-refractivity contribution >= 4 is 27.5 Å². The predicted octanol–water partition coefficient (Wildman–Crippen LogP) is 4.33. The van der Waals surface area contributed by atoms with Gasteiger partial charge >= 0.3 is 6.18 Å². The van der Waals surface area contributed by atoms with Crippen LogP contribution >= 0.6 is 0 Å². The number of aliphatic hydroxyl groups is 1. The number of alkyl halides is 3. The lowest BCUT2D eigenvalue weighted by Crippen LogP contribution is -2.43. The zero-order chi connectivity index (χ0) is 23.5. The molecule has 0 aliphatic carbocycles. The second kappa shape index (κ2) is 7.16. The summed E-state index contributed by atoms with van der Waals surface area (Å²) in [7, 11) is 1.62. The van der Waals surface area contributed by atoms with E-state index >= 15 is 0 Å². The summed E-state index contributed by atoms with van der Waals surface area (Å²) >= 11 is 0. The third kappa shape index (κ3) is 3.12. The summed E-state index contributed by atoms with van der Waals surface area (Å²) in [4.78, 5) is 0. The van der Waals surface area contributed by atoms with Crippen molar-refractivity contribution in [2.45, 2.75) is 11.8 Å². The number of hydrogen-bond acceptors (Lipinski definition) is 2. The van der Waals surface area contributed by atoms with Gasteiger partial charge in [-0.15, -0.1) is 0 Å². The fraction of sp³-hybridized carbons (Fsp3) is 0.125. The van der Waals surface area contributed by atoms with E-state index < -0.39 is 17.6 Å². The van der Waals surface area contributed by atoms with E-state index in [9.17, 15) is 22.7 Å². The van der Waals surface area contributed by atoms with Crippen LogP contribution in [0.2, 0.25) is 0 Å². The zero-order valence-electron chi connectivity index (χ0n) is 17.4. The Morgan fingerprint density at radius 2 is 1.73 bits per heavy atom. The van der Waals surface area contributed by atoms with Crippen LogP contribution < -0.4 is 5.73 Å². The minimum absolute atomic E-state index is 0.270. The molecule has 5 aromatic rings. The van der Waals surface area contributed by atoms with E-state index in [0.717, 1.165) is 0 Å². The number of aryl methyl sites for hydroxylation is 1. The van der Waals surface area contributed by atoms with Crippen molar-refractivity contribution in [1.29, 1.82) is 0 Å². The summed E-state index contributed by atoms with van der Waals surface area (Å²) in [6.45, 7) is 0. The van der Waals surface area contributed by atoms with E-state index in [0.29, 0.717) is 27.8 Å². The Labute approximate surface area is 185 Å². The van der Waals surface area contributed by atoms with Gasteiger partial charge in [0.1, 0.15) is 11.3 Å². The fourth-order valence-corrected chi connectivity index (χ4v) is 4.36. The second-order valence-corrected chi connectivity index (χ2v) is 7.98. The van der Waals surface area contributed by atoms with Crippen LogP contribution in [-0.4, -0.2) is 25.6 Å². The highest BCUT2D eigenvalue weighted by Crippen LogP contribution is 2.47. The van der Waals surface area contributed by atoms with Gasteiger partial charge in [0.25, 0.3) is 0 Å². The van der Waals surface area contributed by atoms with E-state index in [-0.39, 0.29) is 16.5 Å². The number of nitrogens with zero attached hydrogens (tertiary/aromatic N) is 3. The molecule has 5 rings (SSSR count). The normalized spacial score (nSPS) is 14.2. The zero-order valence-corrected chi connectivity index (χ0v) is 17.4. The molecule has 0 saturated carbocycles. The average Bonchev–Trinajstić information content (AvgIpc) is 3.34. The molecule has 0 amide bonds. The summed E-state index contributed by atoms with van der Waals surface area (Å²) in [6, 6.07) is 14.4. The Kier molecular flexibility index (Phi) is 4.59. The monoisotopic (exact) mass is 455 g/mol. The summed E-state index contributed by atoms with van der Waals surface area (Å²) in [5.74, 6) is -0.409. The molecule has 1 atom stereocenters. The molecular formula is C24H19F4N4O+. The SMILES string of the molecule is Cn1cc(C(O)(c2ccc3c(cnn3-c3ccc(F)cc3)c2)C(F)(F)F)c2cccc([NH3+])c21. The van der Waals surface area contributed by atoms with Crippen molar-refractivity contribution in [2.75, 3.05) is 0 Å². The Morgan fingerprint density at radius 1 is 1.00 bits per heavy atom. The second-order valence-electron chi connectivity index (χ2n) is 7.98. The number of quaternary nitrogens is 1. The minimum Gasteiger partial charge on any atom is -0.372 e. The van der Waals surface area contributed by atoms with E-state index in [1.807, 2.05) is 0 Å². The molecule has 9 heteroatoms. The molecule has 2 heterocycles. The van der Waals surface area contributed by atoms with E-state index in [2.05, 4.69) is 10.8 Å². The minimum atomic E-state index is -5.00. The van der Waals surface area contributed by atoms with Crippen molar-refractivity contribution in [2.24, 2.45) is 7.05 Å². The van der Waals surface area contributed by atoms with Gasteiger partial charge in [0.05, 0.1) is 17.4 Å². The van der Waals surface area contributed by atoms with Gasteiger partial charge in [-0.05, 0) is 42.0 Å². The first-order chi connectivity index (χ1) is 15.6. The molecule has 0 bridgehead atoms. The summed E-state index contributed by atoms with van der Waals surface area (Å²) in [6.07, 6.45) is -2.30. The summed E-state index contributed by atoms with van der Waals surface area (Å²) in [5.41, 5.74) is 2.19. The lowest BCUT2D eigenvalue weighted by atomic mass is 9.85. The van der Waals surface area contributed by atoms with Crippen LogP contribution in [0.1, 0.15) is 11.1 Å². The number of para-hydroxylation sites is 1. The maximum absolute atomic E-state index is 14.5. The molecule has 0 radical (unpaired) electrons. The first kappa shape index (κ1) is 21.2. The molecule has 4 N–H and O–H groups in total. The molecule has 1 unspecified atom stereocenters. The molecule has 168 valence electrons. The number of rotatable bonds is 3. The fourth-order valence-electron chi connectivity index (χ4n) is 4.36. The van der Waals surface area contributed by atoms with E-state index in [1.165, 1.54) is 64.1 Å². The highest BCUT2D eigenvalue weighted by molar-refractivity contribution is 5.92. The number of hydrogen-bond donors (Lipinski definition) is 2. The molecular weight excluding hydrogens is 436 g/mol. The van der Waals surface area contributed by atoms with Crippen molar-refractivity contribution in [3.8, 4) is 5.69 Å². The lowest BCUT2D eigenvalue weighted by Gasteiger charge is -2.31. The molecule has 5 nitrogen and oxygen atoms in total. The molecule has 0 aliphatic rings. The molecule has 2 aromatic heterocycles. The standard InChI is InChI=1S/C24H18F4N4O/c1-31-13-19(18-3-2-4-20(29)22(18)31)23(33,24(26,27)28)15-5-10-21-14(11-15)12-30-32(21)17-8-6-16(25)7-9-17/h2-13,33H,29H2,1H3/p+1. The van der Waals surface area contributed by atoms with Gasteiger partial charge < -0.3 is 15.4 Å². The average molecular weight is 455 g/mol. The van der Waals surface area contributed by atoms with Crippen molar-refractivity contribution in [3.63, 3.8) is 0 Å². The van der Waals surface area contributed by atoms with Crippen LogP contribution in [-0.2, 0) is 12.6 Å². The number of halogens is 4. The number of aromatic nitrogens is 3. The van der Waals surface area contributed by atoms with Gasteiger partial charge in [-0.1, -0.05) is 18.2 Å². The van der Waals surface area contributed by atoms with Gasteiger partial charge in [-0.25, -0.2) is 9.07 Å². The van der Waals surface area contributed by atoms with Crippen LogP contribution in [0, 0.1) is 5.82 Å². The predicted molar refractivity (Wildman–Crippen MR) is 116 cm³/mol. The maximum atomic E-state index is 14.5. The Balaban J connectivity index is 1.72. The molecule has 0 spiro atoms. The molecule has 0 saturated heterocycles. The first-order valence-electron chi connectivity index (χ1n) is 10.0. The van der Waals surface area contributed by atoms with Gasteiger partial charge in [-0.2, -0.15) is 18.3 Å². The summed E-state index contributed by atoms with van der Waals surface area (Å²) in [5, 5.41) is 16.2. The third-order valence-corrected chi connectivity index (χ3v) is 5.94. The number of fused-ring (bicyclic) bond motifs is 2. The topological polar surface area (TPSA) is 70.6 Å². The highest BCUT2D eigenvalue weighted by Gasteiger charge is 2.57. The van der Waals surface area contributed by atoms with Crippen molar-refractivity contribution in [3.05, 3.63) is 90.0 Å². The summed E-state index contributed by atoms with van der Waals surface area (Å²) < 4.78 is 59.8. The largest absolute Gasteiger partial charge is 0.425 e. The molecule has 3 aromatic carbocycles. The Hall–Kier alpha value is -3.69. The lowest BCUT2D eigenvalue weighted by molar-refractivity contribution is -0.252. The third-order valence-electron chi connectivity index (χ3n) is 5.94. The quantitative estimate of drug-likeness (QED) is 0.398. The maximum Gasteiger partial charge on any atom is 0.425 e. The van der Waals surface area contributed by atoms with Gasteiger partial charge in [0, 0.05) is 35.6 Å². The van der Waals surface area contributed by atoms with Gasteiger partial charge in [0.15, 0.2) is 5.69 Å². The van der Waals surface area contributed by atoms with E-state index in [1.54, 1.807) is 25.2 Å². The number of benzene rings is 3. The van der Waals surface area contributed by atoms with E-state index in [4.69, 9.17) is 0 Å². The smallest absolute Gasteiger partial charge is 0.372 e. The van der Waals surface area contributed by atoms with Crippen LogP contribution in [0.5, 0.6) is 0 Å². The Bertz CT molecular complexity index is 1500. The molecule has 0 aliphatic heterocycles. The first-order valence-corrected chi connectivity index (χ1v) is 10.0. The molecule has 33 heavy (non-hydrogen) atoms. The van der Waals surface area contributed by atoms with Gasteiger partial charge in [0.2, 0.25) is 5.60 Å².